The molecule has 2 rings (SSSR count). The Balaban J connectivity index is 2.51. The van der Waals surface area contributed by atoms with Gasteiger partial charge >= 0.3 is 5.97 Å². The normalized spacial score (nSPS) is 10.7. The first-order valence-electron chi connectivity index (χ1n) is 5.81. The number of hydrogen-bond donors (Lipinski definition) is 0. The highest BCUT2D eigenvalue weighted by Gasteiger charge is 2.23. The Kier molecular flexibility index (Phi) is 3.23. The summed E-state index contributed by atoms with van der Waals surface area (Å²) >= 11 is 0. The van der Waals surface area contributed by atoms with Crippen molar-refractivity contribution in [3.8, 4) is 11.5 Å². The van der Waals surface area contributed by atoms with E-state index in [-0.39, 0.29) is 5.69 Å². The molecule has 0 fully saturated rings. The van der Waals surface area contributed by atoms with E-state index < -0.39 is 5.97 Å². The summed E-state index contributed by atoms with van der Waals surface area (Å²) in [7, 11) is 1.91. The van der Waals surface area contributed by atoms with Crippen molar-refractivity contribution in [1.29, 1.82) is 0 Å². The predicted molar refractivity (Wildman–Crippen MR) is 66.3 cm³/mol. The molecule has 0 N–H and O–H groups in total. The van der Waals surface area contributed by atoms with Crippen LogP contribution >= 0.6 is 0 Å². The minimum absolute atomic E-state index is 0.232. The number of rotatable bonds is 3. The van der Waals surface area contributed by atoms with Crippen LogP contribution in [-0.4, -0.2) is 22.1 Å². The highest BCUT2D eigenvalue weighted by molar-refractivity contribution is 5.93. The number of nitrogens with zero attached hydrogens (tertiary/aromatic N) is 2. The lowest BCUT2D eigenvalue weighted by Crippen LogP contribution is -2.07. The van der Waals surface area contributed by atoms with Gasteiger partial charge < -0.3 is 13.7 Å². The maximum Gasteiger partial charge on any atom is 0.361 e. The second-order valence-corrected chi connectivity index (χ2v) is 4.05. The van der Waals surface area contributed by atoms with E-state index in [2.05, 4.69) is 4.98 Å². The molecule has 0 radical (unpaired) electrons. The molecule has 2 aromatic rings. The molecule has 2 aromatic heterocycles. The third-order valence-electron chi connectivity index (χ3n) is 2.81. The average Bonchev–Trinajstić information content (AvgIpc) is 2.85. The van der Waals surface area contributed by atoms with Gasteiger partial charge in [-0.3, -0.25) is 0 Å². The van der Waals surface area contributed by atoms with Crippen LogP contribution in [0.5, 0.6) is 0 Å². The van der Waals surface area contributed by atoms with Gasteiger partial charge in [0.25, 0.3) is 0 Å². The molecular weight excluding hydrogens is 232 g/mol. The number of oxazole rings is 1. The number of ether oxygens (including phenoxy) is 1. The number of carbonyl (C=O) groups excluding carboxylic acids is 1. The summed E-state index contributed by atoms with van der Waals surface area (Å²) in [5, 5.41) is 0. The summed E-state index contributed by atoms with van der Waals surface area (Å²) in [6.07, 6.45) is 0. The maximum absolute atomic E-state index is 11.8. The van der Waals surface area contributed by atoms with E-state index in [1.54, 1.807) is 13.8 Å². The summed E-state index contributed by atoms with van der Waals surface area (Å²) in [6, 6.07) is 3.86. The second kappa shape index (κ2) is 4.68. The van der Waals surface area contributed by atoms with Gasteiger partial charge in [-0.15, -0.1) is 0 Å². The van der Waals surface area contributed by atoms with Crippen LogP contribution in [0.1, 0.15) is 29.0 Å². The van der Waals surface area contributed by atoms with Gasteiger partial charge in [-0.25, -0.2) is 9.78 Å². The Hall–Kier alpha value is -2.04. The smallest absolute Gasteiger partial charge is 0.361 e. The number of aromatic nitrogens is 2. The van der Waals surface area contributed by atoms with Crippen LogP contribution in [0.15, 0.2) is 16.5 Å². The number of esters is 1. The number of carbonyl (C=O) groups is 1. The molecule has 18 heavy (non-hydrogen) atoms. The van der Waals surface area contributed by atoms with Gasteiger partial charge in [-0.1, -0.05) is 0 Å². The Morgan fingerprint density at radius 2 is 2.17 bits per heavy atom. The molecular formula is C13H16N2O3. The van der Waals surface area contributed by atoms with Crippen LogP contribution in [0, 0.1) is 13.8 Å². The van der Waals surface area contributed by atoms with E-state index >= 15 is 0 Å². The van der Waals surface area contributed by atoms with E-state index in [0.717, 1.165) is 11.4 Å². The van der Waals surface area contributed by atoms with Crippen molar-refractivity contribution in [2.24, 2.45) is 7.05 Å². The third kappa shape index (κ3) is 2.03. The summed E-state index contributed by atoms with van der Waals surface area (Å²) in [4.78, 5) is 15.9. The van der Waals surface area contributed by atoms with Gasteiger partial charge in [0.15, 0.2) is 17.3 Å². The third-order valence-corrected chi connectivity index (χ3v) is 2.81. The van der Waals surface area contributed by atoms with Crippen LogP contribution in [0.3, 0.4) is 0 Å². The summed E-state index contributed by atoms with van der Waals surface area (Å²) in [5.41, 5.74) is 2.13. The highest BCUT2D eigenvalue weighted by Crippen LogP contribution is 2.26. The molecule has 0 unspecified atom stereocenters. The molecule has 0 aliphatic heterocycles. The lowest BCUT2D eigenvalue weighted by atomic mass is 10.2. The summed E-state index contributed by atoms with van der Waals surface area (Å²) in [6.45, 7) is 5.77. The van der Waals surface area contributed by atoms with Crippen LogP contribution < -0.4 is 0 Å². The molecule has 5 nitrogen and oxygen atoms in total. The summed E-state index contributed by atoms with van der Waals surface area (Å²) < 4.78 is 12.5. The molecule has 0 saturated carbocycles. The molecule has 0 bridgehead atoms. The number of aryl methyl sites for hydroxylation is 2. The fraction of sp³-hybridized carbons (Fsp3) is 0.385. The van der Waals surface area contributed by atoms with Crippen molar-refractivity contribution in [2.45, 2.75) is 20.8 Å². The van der Waals surface area contributed by atoms with Gasteiger partial charge in [-0.05, 0) is 26.0 Å². The van der Waals surface area contributed by atoms with Crippen molar-refractivity contribution in [1.82, 2.24) is 9.55 Å². The predicted octanol–water partition coefficient (Wildman–Crippen LogP) is 2.47. The zero-order valence-corrected chi connectivity index (χ0v) is 11.0. The van der Waals surface area contributed by atoms with Gasteiger partial charge in [0.2, 0.25) is 0 Å². The maximum atomic E-state index is 11.8. The average molecular weight is 248 g/mol. The fourth-order valence-electron chi connectivity index (χ4n) is 1.78. The Bertz CT molecular complexity index is 581. The van der Waals surface area contributed by atoms with E-state index in [4.69, 9.17) is 9.15 Å². The standard InChI is InChI=1S/C13H16N2O3/c1-5-17-13(16)11-12(18-9(3)14-11)10-7-6-8(2)15(10)4/h6-7H,5H2,1-4H3. The van der Waals surface area contributed by atoms with Gasteiger partial charge in [0, 0.05) is 19.7 Å². The van der Waals surface area contributed by atoms with Crippen molar-refractivity contribution in [3.05, 3.63) is 29.4 Å². The Labute approximate surface area is 105 Å². The molecule has 96 valence electrons. The van der Waals surface area contributed by atoms with Crippen LogP contribution in [0.2, 0.25) is 0 Å². The molecule has 5 heteroatoms. The molecule has 0 aliphatic rings. The van der Waals surface area contributed by atoms with Crippen molar-refractivity contribution in [3.63, 3.8) is 0 Å². The van der Waals surface area contributed by atoms with Gasteiger partial charge in [0.05, 0.1) is 12.3 Å². The minimum atomic E-state index is -0.455. The van der Waals surface area contributed by atoms with Crippen LogP contribution in [0.25, 0.3) is 11.5 Å². The Morgan fingerprint density at radius 1 is 1.44 bits per heavy atom. The molecule has 0 saturated heterocycles. The SMILES string of the molecule is CCOC(=O)c1nc(C)oc1-c1ccc(C)n1C. The van der Waals surface area contributed by atoms with Crippen LogP contribution in [0.4, 0.5) is 0 Å². The molecule has 0 atom stereocenters. The molecule has 0 aromatic carbocycles. The lowest BCUT2D eigenvalue weighted by molar-refractivity contribution is 0.0520. The fourth-order valence-corrected chi connectivity index (χ4v) is 1.78. The number of hydrogen-bond acceptors (Lipinski definition) is 4. The monoisotopic (exact) mass is 248 g/mol. The van der Waals surface area contributed by atoms with E-state index in [9.17, 15) is 4.79 Å². The second-order valence-electron chi connectivity index (χ2n) is 4.05. The first-order chi connectivity index (χ1) is 8.54. The van der Waals surface area contributed by atoms with E-state index in [1.807, 2.05) is 30.7 Å². The van der Waals surface area contributed by atoms with E-state index in [0.29, 0.717) is 18.3 Å². The van der Waals surface area contributed by atoms with Crippen molar-refractivity contribution < 1.29 is 13.9 Å². The first-order valence-corrected chi connectivity index (χ1v) is 5.81. The summed E-state index contributed by atoms with van der Waals surface area (Å²) in [5.74, 6) is 0.455. The van der Waals surface area contributed by atoms with Crippen LogP contribution in [-0.2, 0) is 11.8 Å². The zero-order chi connectivity index (χ0) is 13.3. The topological polar surface area (TPSA) is 57.3 Å². The molecule has 2 heterocycles. The highest BCUT2D eigenvalue weighted by atomic mass is 16.5. The van der Waals surface area contributed by atoms with E-state index in [1.165, 1.54) is 0 Å². The molecule has 0 aliphatic carbocycles. The van der Waals surface area contributed by atoms with Crippen molar-refractivity contribution in [2.75, 3.05) is 6.61 Å². The largest absolute Gasteiger partial charge is 0.461 e. The minimum Gasteiger partial charge on any atom is -0.461 e. The lowest BCUT2D eigenvalue weighted by Gasteiger charge is -2.04. The molecule has 0 amide bonds. The Morgan fingerprint density at radius 3 is 2.72 bits per heavy atom. The quantitative estimate of drug-likeness (QED) is 0.783. The first kappa shape index (κ1) is 12.4. The van der Waals surface area contributed by atoms with Gasteiger partial charge in [-0.2, -0.15) is 0 Å². The zero-order valence-electron chi connectivity index (χ0n) is 11.0. The van der Waals surface area contributed by atoms with Crippen molar-refractivity contribution >= 4 is 5.97 Å². The molecule has 0 spiro atoms. The van der Waals surface area contributed by atoms with Gasteiger partial charge in [0.1, 0.15) is 0 Å².